The van der Waals surface area contributed by atoms with Crippen molar-refractivity contribution in [3.05, 3.63) is 28.5 Å². The molecule has 64 valence electrons. The maximum absolute atomic E-state index is 12.6. The van der Waals surface area contributed by atoms with Crippen LogP contribution in [0.4, 0.5) is 4.39 Å². The summed E-state index contributed by atoms with van der Waals surface area (Å²) in [5.74, 6) is 0. The molecular weight excluding hydrogens is 221 g/mol. The zero-order chi connectivity index (χ0) is 8.60. The van der Waals surface area contributed by atoms with Crippen LogP contribution in [0, 0.1) is 0 Å². The van der Waals surface area contributed by atoms with E-state index in [1.54, 1.807) is 0 Å². The molecule has 1 heterocycles. The Hall–Kier alpha value is -0.440. The van der Waals surface area contributed by atoms with Crippen LogP contribution >= 0.6 is 15.9 Å². The van der Waals surface area contributed by atoms with Gasteiger partial charge in [-0.05, 0) is 40.9 Å². The van der Waals surface area contributed by atoms with E-state index in [-0.39, 0.29) is 12.1 Å². The SMILES string of the molecule is FCC1(c2cccc(Br)n2)CC1. The summed E-state index contributed by atoms with van der Waals surface area (Å²) < 4.78 is 13.4. The first-order valence-corrected chi connectivity index (χ1v) is 4.75. The summed E-state index contributed by atoms with van der Waals surface area (Å²) in [6.07, 6.45) is 1.87. The fourth-order valence-corrected chi connectivity index (χ4v) is 1.66. The molecule has 0 atom stereocenters. The summed E-state index contributed by atoms with van der Waals surface area (Å²) in [7, 11) is 0. The van der Waals surface area contributed by atoms with E-state index in [1.807, 2.05) is 18.2 Å². The van der Waals surface area contributed by atoms with Crippen LogP contribution in [0.3, 0.4) is 0 Å². The average Bonchev–Trinajstić information content (AvgIpc) is 2.84. The number of hydrogen-bond donors (Lipinski definition) is 0. The molecule has 1 nitrogen and oxygen atoms in total. The van der Waals surface area contributed by atoms with Crippen LogP contribution in [0.1, 0.15) is 18.5 Å². The van der Waals surface area contributed by atoms with Crippen LogP contribution in [0.5, 0.6) is 0 Å². The minimum atomic E-state index is -0.281. The molecule has 1 aromatic heterocycles. The van der Waals surface area contributed by atoms with Gasteiger partial charge in [0.05, 0.1) is 5.69 Å². The van der Waals surface area contributed by atoms with Gasteiger partial charge in [0.25, 0.3) is 0 Å². The van der Waals surface area contributed by atoms with Gasteiger partial charge in [-0.25, -0.2) is 4.98 Å². The fourth-order valence-electron chi connectivity index (χ4n) is 1.31. The Labute approximate surface area is 79.1 Å². The maximum atomic E-state index is 12.6. The van der Waals surface area contributed by atoms with Crippen molar-refractivity contribution >= 4 is 15.9 Å². The summed E-state index contributed by atoms with van der Waals surface area (Å²) in [5.41, 5.74) is 0.656. The van der Waals surface area contributed by atoms with Crippen molar-refractivity contribution in [3.63, 3.8) is 0 Å². The molecule has 0 N–H and O–H groups in total. The highest BCUT2D eigenvalue weighted by Gasteiger charge is 2.45. The molecular formula is C9H9BrFN. The predicted molar refractivity (Wildman–Crippen MR) is 48.8 cm³/mol. The third-order valence-corrected chi connectivity index (χ3v) is 2.81. The van der Waals surface area contributed by atoms with Crippen molar-refractivity contribution in [3.8, 4) is 0 Å². The van der Waals surface area contributed by atoms with Crippen LogP contribution in [0.15, 0.2) is 22.8 Å². The van der Waals surface area contributed by atoms with Crippen LogP contribution in [0.25, 0.3) is 0 Å². The lowest BCUT2D eigenvalue weighted by atomic mass is 10.0. The third kappa shape index (κ3) is 1.26. The normalized spacial score (nSPS) is 19.2. The van der Waals surface area contributed by atoms with E-state index in [0.29, 0.717) is 0 Å². The fraction of sp³-hybridized carbons (Fsp3) is 0.444. The molecule has 0 saturated heterocycles. The predicted octanol–water partition coefficient (Wildman–Crippen LogP) is 2.85. The summed E-state index contributed by atoms with van der Waals surface area (Å²) in [5, 5.41) is 0. The smallest absolute Gasteiger partial charge is 0.106 e. The Morgan fingerprint density at radius 1 is 1.50 bits per heavy atom. The van der Waals surface area contributed by atoms with Crippen molar-refractivity contribution in [1.29, 1.82) is 0 Å². The molecule has 1 fully saturated rings. The summed E-state index contributed by atoms with van der Waals surface area (Å²) >= 11 is 3.28. The second kappa shape index (κ2) is 2.80. The molecule has 1 saturated carbocycles. The molecule has 1 aromatic rings. The van der Waals surface area contributed by atoms with Gasteiger partial charge in [-0.3, -0.25) is 4.39 Å². The number of rotatable bonds is 2. The van der Waals surface area contributed by atoms with Gasteiger partial charge in [-0.15, -0.1) is 0 Å². The van der Waals surface area contributed by atoms with Crippen LogP contribution in [-0.2, 0) is 5.41 Å². The monoisotopic (exact) mass is 229 g/mol. The number of pyridine rings is 1. The van der Waals surface area contributed by atoms with Gasteiger partial charge in [0, 0.05) is 5.41 Å². The molecule has 1 aliphatic carbocycles. The number of nitrogens with zero attached hydrogens (tertiary/aromatic N) is 1. The first kappa shape index (κ1) is 8.17. The van der Waals surface area contributed by atoms with E-state index >= 15 is 0 Å². The average molecular weight is 230 g/mol. The van der Waals surface area contributed by atoms with E-state index in [1.165, 1.54) is 0 Å². The van der Waals surface area contributed by atoms with Crippen molar-refractivity contribution in [2.24, 2.45) is 0 Å². The van der Waals surface area contributed by atoms with Crippen molar-refractivity contribution < 1.29 is 4.39 Å². The topological polar surface area (TPSA) is 12.9 Å². The minimum absolute atomic E-state index is 0.232. The second-order valence-electron chi connectivity index (χ2n) is 3.26. The largest absolute Gasteiger partial charge is 0.250 e. The quantitative estimate of drug-likeness (QED) is 0.712. The van der Waals surface area contributed by atoms with Gasteiger partial charge in [-0.1, -0.05) is 6.07 Å². The van der Waals surface area contributed by atoms with E-state index < -0.39 is 0 Å². The molecule has 1 aliphatic rings. The van der Waals surface area contributed by atoms with Crippen molar-refractivity contribution in [2.45, 2.75) is 18.3 Å². The molecule has 0 radical (unpaired) electrons. The highest BCUT2D eigenvalue weighted by molar-refractivity contribution is 9.10. The number of halogens is 2. The van der Waals surface area contributed by atoms with Gasteiger partial charge in [-0.2, -0.15) is 0 Å². The Kier molecular flexibility index (Phi) is 1.91. The lowest BCUT2D eigenvalue weighted by Gasteiger charge is -2.08. The zero-order valence-electron chi connectivity index (χ0n) is 6.56. The lowest BCUT2D eigenvalue weighted by molar-refractivity contribution is 0.412. The highest BCUT2D eigenvalue weighted by atomic mass is 79.9. The Bertz CT molecular complexity index is 296. The standard InChI is InChI=1S/C9H9BrFN/c10-8-3-1-2-7(12-8)9(6-11)4-5-9/h1-3H,4-6H2. The van der Waals surface area contributed by atoms with Crippen LogP contribution < -0.4 is 0 Å². The number of hydrogen-bond acceptors (Lipinski definition) is 1. The molecule has 0 unspecified atom stereocenters. The Balaban J connectivity index is 2.34. The molecule has 0 aliphatic heterocycles. The van der Waals surface area contributed by atoms with Gasteiger partial charge < -0.3 is 0 Å². The van der Waals surface area contributed by atoms with Crippen LogP contribution in [-0.4, -0.2) is 11.7 Å². The Morgan fingerprint density at radius 3 is 2.75 bits per heavy atom. The minimum Gasteiger partial charge on any atom is -0.250 e. The lowest BCUT2D eigenvalue weighted by Crippen LogP contribution is -2.10. The maximum Gasteiger partial charge on any atom is 0.106 e. The van der Waals surface area contributed by atoms with Gasteiger partial charge in [0.1, 0.15) is 11.3 Å². The highest BCUT2D eigenvalue weighted by Crippen LogP contribution is 2.47. The molecule has 0 bridgehead atoms. The summed E-state index contributed by atoms with van der Waals surface area (Å²) in [6.45, 7) is -0.281. The summed E-state index contributed by atoms with van der Waals surface area (Å²) in [6, 6.07) is 5.66. The molecule has 12 heavy (non-hydrogen) atoms. The molecule has 0 aromatic carbocycles. The van der Waals surface area contributed by atoms with E-state index in [2.05, 4.69) is 20.9 Å². The van der Waals surface area contributed by atoms with Gasteiger partial charge >= 0.3 is 0 Å². The third-order valence-electron chi connectivity index (χ3n) is 2.37. The number of aromatic nitrogens is 1. The van der Waals surface area contributed by atoms with Crippen molar-refractivity contribution in [2.75, 3.05) is 6.67 Å². The Morgan fingerprint density at radius 2 is 2.25 bits per heavy atom. The first-order chi connectivity index (χ1) is 5.77. The van der Waals surface area contributed by atoms with E-state index in [4.69, 9.17) is 0 Å². The molecule has 0 amide bonds. The molecule has 2 rings (SSSR count). The first-order valence-electron chi connectivity index (χ1n) is 3.96. The van der Waals surface area contributed by atoms with Crippen molar-refractivity contribution in [1.82, 2.24) is 4.98 Å². The number of alkyl halides is 1. The second-order valence-corrected chi connectivity index (χ2v) is 4.07. The molecule has 0 spiro atoms. The van der Waals surface area contributed by atoms with Gasteiger partial charge in [0.15, 0.2) is 0 Å². The van der Waals surface area contributed by atoms with Gasteiger partial charge in [0.2, 0.25) is 0 Å². The molecule has 3 heteroatoms. The van der Waals surface area contributed by atoms with Crippen LogP contribution in [0.2, 0.25) is 0 Å². The summed E-state index contributed by atoms with van der Waals surface area (Å²) in [4.78, 5) is 4.25. The zero-order valence-corrected chi connectivity index (χ0v) is 8.14. The van der Waals surface area contributed by atoms with E-state index in [0.717, 1.165) is 23.1 Å². The van der Waals surface area contributed by atoms with E-state index in [9.17, 15) is 4.39 Å².